The summed E-state index contributed by atoms with van der Waals surface area (Å²) in [5, 5.41) is 0.767. The number of hydrogen-bond donors (Lipinski definition) is 0. The van der Waals surface area contributed by atoms with E-state index in [-0.39, 0.29) is 5.91 Å². The summed E-state index contributed by atoms with van der Waals surface area (Å²) >= 11 is 1.63. The predicted molar refractivity (Wildman–Crippen MR) is 155 cm³/mol. The minimum atomic E-state index is 0.0174. The van der Waals surface area contributed by atoms with E-state index in [9.17, 15) is 4.79 Å². The summed E-state index contributed by atoms with van der Waals surface area (Å²) in [4.78, 5) is 29.2. The summed E-state index contributed by atoms with van der Waals surface area (Å²) in [6.45, 7) is 4.56. The highest BCUT2D eigenvalue weighted by Crippen LogP contribution is 2.28. The van der Waals surface area contributed by atoms with Gasteiger partial charge in [0.15, 0.2) is 5.16 Å². The molecule has 1 amide bonds. The molecule has 2 heterocycles. The van der Waals surface area contributed by atoms with Crippen LogP contribution in [0.2, 0.25) is 0 Å². The Bertz CT molecular complexity index is 1340. The van der Waals surface area contributed by atoms with E-state index in [2.05, 4.69) is 35.0 Å². The van der Waals surface area contributed by atoms with Crippen LogP contribution >= 0.6 is 11.8 Å². The molecule has 3 aromatic carbocycles. The minimum Gasteiger partial charge on any atom is -0.354 e. The number of thioether (sulfide) groups is 1. The first kappa shape index (κ1) is 25.9. The van der Waals surface area contributed by atoms with Gasteiger partial charge < -0.3 is 14.7 Å². The number of carbonyl (C=O) groups excluding carboxylic acids is 1. The third kappa shape index (κ3) is 6.60. The lowest BCUT2D eigenvalue weighted by Gasteiger charge is -2.33. The molecule has 1 saturated heterocycles. The Labute approximate surface area is 229 Å². The van der Waals surface area contributed by atoms with Crippen LogP contribution in [0.4, 0.5) is 5.82 Å². The summed E-state index contributed by atoms with van der Waals surface area (Å²) in [6.07, 6.45) is 0. The van der Waals surface area contributed by atoms with Gasteiger partial charge in [-0.1, -0.05) is 84.6 Å². The highest BCUT2D eigenvalue weighted by Gasteiger charge is 2.18. The van der Waals surface area contributed by atoms with Crippen molar-refractivity contribution >= 4 is 23.5 Å². The molecule has 194 valence electrons. The summed E-state index contributed by atoms with van der Waals surface area (Å²) < 4.78 is 0. The average Bonchev–Trinajstić information content (AvgIpc) is 2.97. The molecule has 4 aromatic rings. The van der Waals surface area contributed by atoms with Gasteiger partial charge in [0.05, 0.1) is 5.69 Å². The van der Waals surface area contributed by atoms with Crippen LogP contribution in [0.3, 0.4) is 0 Å². The van der Waals surface area contributed by atoms with Crippen molar-refractivity contribution in [1.82, 2.24) is 19.8 Å². The molecule has 6 nitrogen and oxygen atoms in total. The molecule has 1 aromatic heterocycles. The molecule has 0 N–H and O–H groups in total. The Kier molecular flexibility index (Phi) is 8.36. The first-order valence-corrected chi connectivity index (χ1v) is 13.9. The number of aromatic nitrogens is 2. The van der Waals surface area contributed by atoms with Crippen molar-refractivity contribution in [3.8, 4) is 11.3 Å². The number of anilines is 1. The average molecular weight is 524 g/mol. The maximum atomic E-state index is 12.9. The second kappa shape index (κ2) is 12.2. The number of benzene rings is 3. The van der Waals surface area contributed by atoms with E-state index in [0.717, 1.165) is 65.3 Å². The van der Waals surface area contributed by atoms with Gasteiger partial charge >= 0.3 is 0 Å². The highest BCUT2D eigenvalue weighted by molar-refractivity contribution is 7.98. The van der Waals surface area contributed by atoms with Gasteiger partial charge in [-0.25, -0.2) is 9.97 Å². The third-order valence-corrected chi connectivity index (χ3v) is 7.69. The van der Waals surface area contributed by atoms with Gasteiger partial charge in [-0.2, -0.15) is 0 Å². The fourth-order valence-corrected chi connectivity index (χ4v) is 5.28. The second-order valence-electron chi connectivity index (χ2n) is 9.68. The van der Waals surface area contributed by atoms with E-state index in [0.29, 0.717) is 12.1 Å². The largest absolute Gasteiger partial charge is 0.354 e. The van der Waals surface area contributed by atoms with Crippen molar-refractivity contribution < 1.29 is 4.79 Å². The van der Waals surface area contributed by atoms with Crippen LogP contribution in [-0.2, 0) is 12.3 Å². The van der Waals surface area contributed by atoms with Gasteiger partial charge in [-0.05, 0) is 30.3 Å². The Morgan fingerprint density at radius 1 is 0.842 bits per heavy atom. The molecule has 0 aliphatic carbocycles. The lowest BCUT2D eigenvalue weighted by molar-refractivity contribution is 0.0785. The van der Waals surface area contributed by atoms with Crippen LogP contribution in [-0.4, -0.2) is 65.9 Å². The van der Waals surface area contributed by atoms with Gasteiger partial charge in [0.2, 0.25) is 0 Å². The summed E-state index contributed by atoms with van der Waals surface area (Å²) in [6, 6.07) is 30.3. The Morgan fingerprint density at radius 2 is 1.50 bits per heavy atom. The molecule has 0 saturated carbocycles. The molecule has 5 rings (SSSR count). The molecular weight excluding hydrogens is 490 g/mol. The topological polar surface area (TPSA) is 52.6 Å². The molecular formula is C31H33N5OS. The number of piperazine rings is 1. The molecule has 7 heteroatoms. The van der Waals surface area contributed by atoms with E-state index in [4.69, 9.17) is 9.97 Å². The standard InChI is InChI=1S/C31H33N5OS/c1-34-17-19-36(20-18-34)29-21-28(26-11-7-4-8-12-26)32-31(33-29)38-23-25-13-15-27(16-14-25)30(37)35(2)22-24-9-5-3-6-10-24/h3-16,21H,17-20,22-23H2,1-2H3. The number of amides is 1. The summed E-state index contributed by atoms with van der Waals surface area (Å²) in [5.74, 6) is 1.73. The van der Waals surface area contributed by atoms with Crippen LogP contribution in [0.15, 0.2) is 96.2 Å². The first-order valence-electron chi connectivity index (χ1n) is 12.9. The molecule has 1 aliphatic rings. The number of carbonyl (C=O) groups is 1. The lowest BCUT2D eigenvalue weighted by Crippen LogP contribution is -2.44. The van der Waals surface area contributed by atoms with Crippen molar-refractivity contribution in [3.63, 3.8) is 0 Å². The molecule has 0 spiro atoms. The Hall–Kier alpha value is -3.68. The van der Waals surface area contributed by atoms with Crippen LogP contribution < -0.4 is 4.90 Å². The van der Waals surface area contributed by atoms with Crippen molar-refractivity contribution in [1.29, 1.82) is 0 Å². The van der Waals surface area contributed by atoms with Gasteiger partial charge in [0.1, 0.15) is 5.82 Å². The van der Waals surface area contributed by atoms with Gasteiger partial charge in [0.25, 0.3) is 5.91 Å². The van der Waals surface area contributed by atoms with Gasteiger partial charge in [-0.15, -0.1) is 0 Å². The van der Waals surface area contributed by atoms with E-state index < -0.39 is 0 Å². The van der Waals surface area contributed by atoms with E-state index in [1.165, 1.54) is 0 Å². The van der Waals surface area contributed by atoms with Crippen LogP contribution in [0.25, 0.3) is 11.3 Å². The van der Waals surface area contributed by atoms with Crippen molar-refractivity contribution in [2.24, 2.45) is 0 Å². The number of rotatable bonds is 8. The number of hydrogen-bond acceptors (Lipinski definition) is 6. The molecule has 0 unspecified atom stereocenters. The maximum absolute atomic E-state index is 12.9. The fourth-order valence-electron chi connectivity index (χ4n) is 4.47. The van der Waals surface area contributed by atoms with E-state index in [1.807, 2.05) is 79.8 Å². The summed E-state index contributed by atoms with van der Waals surface area (Å²) in [5.41, 5.74) is 4.98. The van der Waals surface area contributed by atoms with Crippen LogP contribution in [0.1, 0.15) is 21.5 Å². The molecule has 0 bridgehead atoms. The highest BCUT2D eigenvalue weighted by atomic mass is 32.2. The predicted octanol–water partition coefficient (Wildman–Crippen LogP) is 5.46. The zero-order valence-corrected chi connectivity index (χ0v) is 22.8. The summed E-state index contributed by atoms with van der Waals surface area (Å²) in [7, 11) is 4.00. The molecule has 0 atom stereocenters. The van der Waals surface area contributed by atoms with E-state index in [1.54, 1.807) is 16.7 Å². The number of nitrogens with zero attached hydrogens (tertiary/aromatic N) is 5. The van der Waals surface area contributed by atoms with Crippen LogP contribution in [0.5, 0.6) is 0 Å². The second-order valence-corrected chi connectivity index (χ2v) is 10.6. The molecule has 1 fully saturated rings. The van der Waals surface area contributed by atoms with Gasteiger partial charge in [0, 0.05) is 62.7 Å². The van der Waals surface area contributed by atoms with Gasteiger partial charge in [-0.3, -0.25) is 4.79 Å². The van der Waals surface area contributed by atoms with E-state index >= 15 is 0 Å². The molecule has 38 heavy (non-hydrogen) atoms. The first-order chi connectivity index (χ1) is 18.5. The molecule has 1 aliphatic heterocycles. The lowest BCUT2D eigenvalue weighted by atomic mass is 10.1. The normalized spacial score (nSPS) is 13.9. The Balaban J connectivity index is 1.28. The monoisotopic (exact) mass is 523 g/mol. The zero-order chi connectivity index (χ0) is 26.3. The Morgan fingerprint density at radius 3 is 2.18 bits per heavy atom. The maximum Gasteiger partial charge on any atom is 0.253 e. The quantitative estimate of drug-likeness (QED) is 0.226. The number of likely N-dealkylation sites (N-methyl/N-ethyl adjacent to an activating group) is 1. The van der Waals surface area contributed by atoms with Crippen molar-refractivity contribution in [2.45, 2.75) is 17.5 Å². The van der Waals surface area contributed by atoms with Crippen molar-refractivity contribution in [2.75, 3.05) is 45.2 Å². The van der Waals surface area contributed by atoms with Crippen LogP contribution in [0, 0.1) is 0 Å². The van der Waals surface area contributed by atoms with Crippen molar-refractivity contribution in [3.05, 3.63) is 108 Å². The minimum absolute atomic E-state index is 0.0174. The third-order valence-electron chi connectivity index (χ3n) is 6.77. The SMILES string of the molecule is CN1CCN(c2cc(-c3ccccc3)nc(SCc3ccc(C(=O)N(C)Cc4ccccc4)cc3)n2)CC1. The smallest absolute Gasteiger partial charge is 0.253 e. The fraction of sp³-hybridized carbons (Fsp3) is 0.258. The zero-order valence-electron chi connectivity index (χ0n) is 22.0. The molecule has 0 radical (unpaired) electrons.